The fourth-order valence-electron chi connectivity index (χ4n) is 4.29. The number of carbonyl (C=O) groups is 2. The van der Waals surface area contributed by atoms with Gasteiger partial charge in [-0.1, -0.05) is 29.8 Å². The number of aryl methyl sites for hydroxylation is 1. The molecule has 8 nitrogen and oxygen atoms in total. The zero-order chi connectivity index (χ0) is 24.8. The normalized spacial score (nSPS) is 15.2. The molecular weight excluding hydrogens is 462 g/mol. The number of para-hydroxylation sites is 1. The molecule has 3 aromatic rings. The molecule has 1 saturated heterocycles. The van der Waals surface area contributed by atoms with Crippen molar-refractivity contribution in [2.75, 3.05) is 38.2 Å². The number of hydrogen-bond acceptors (Lipinski definition) is 6. The molecule has 1 aliphatic rings. The van der Waals surface area contributed by atoms with Gasteiger partial charge in [-0.15, -0.1) is 0 Å². The van der Waals surface area contributed by atoms with Gasteiger partial charge in [0, 0.05) is 31.7 Å². The zero-order valence-electron chi connectivity index (χ0n) is 20.1. The van der Waals surface area contributed by atoms with Crippen molar-refractivity contribution >= 4 is 34.5 Å². The van der Waals surface area contributed by atoms with Crippen molar-refractivity contribution < 1.29 is 9.59 Å². The Morgan fingerprint density at radius 2 is 1.89 bits per heavy atom. The molecule has 35 heavy (non-hydrogen) atoms. The summed E-state index contributed by atoms with van der Waals surface area (Å²) in [6, 6.07) is 14.1. The molecule has 0 radical (unpaired) electrons. The molecule has 0 aliphatic carbocycles. The number of nitrogens with one attached hydrogen (secondary N) is 2. The minimum absolute atomic E-state index is 0.0445. The van der Waals surface area contributed by atoms with E-state index < -0.39 is 6.04 Å². The standard InChI is InChI=1S/C26H31N5O3S/c1-18-6-5-7-19(16-18)24(32)28-22(10-15-35-2)26(34)31-13-11-30(12-14-31)17-23-27-21-9-4-3-8-20(21)25(33)29-23/h3-9,16,22H,10-15,17H2,1-2H3,(H,28,32)(H,27,29,33)/t22-/m1/s1. The van der Waals surface area contributed by atoms with Crippen molar-refractivity contribution in [3.05, 3.63) is 75.8 Å². The van der Waals surface area contributed by atoms with Crippen LogP contribution in [0.5, 0.6) is 0 Å². The molecule has 2 aromatic carbocycles. The molecular formula is C26H31N5O3S. The number of fused-ring (bicyclic) bond motifs is 1. The average Bonchev–Trinajstić information content (AvgIpc) is 2.86. The summed E-state index contributed by atoms with van der Waals surface area (Å²) in [7, 11) is 0. The maximum atomic E-state index is 13.3. The average molecular weight is 494 g/mol. The van der Waals surface area contributed by atoms with Gasteiger partial charge >= 0.3 is 0 Å². The van der Waals surface area contributed by atoms with Crippen molar-refractivity contribution in [3.8, 4) is 0 Å². The van der Waals surface area contributed by atoms with Crippen LogP contribution in [0.2, 0.25) is 0 Å². The van der Waals surface area contributed by atoms with Gasteiger partial charge in [-0.2, -0.15) is 11.8 Å². The van der Waals surface area contributed by atoms with E-state index in [0.717, 1.165) is 11.3 Å². The van der Waals surface area contributed by atoms with Gasteiger partial charge < -0.3 is 15.2 Å². The number of thioether (sulfide) groups is 1. The number of nitrogens with zero attached hydrogens (tertiary/aromatic N) is 3. The molecule has 0 spiro atoms. The Kier molecular flexibility index (Phi) is 8.20. The fraction of sp³-hybridized carbons (Fsp3) is 0.385. The van der Waals surface area contributed by atoms with Gasteiger partial charge in [0.15, 0.2) is 0 Å². The molecule has 9 heteroatoms. The molecule has 1 fully saturated rings. The van der Waals surface area contributed by atoms with E-state index in [1.54, 1.807) is 23.9 Å². The van der Waals surface area contributed by atoms with E-state index in [1.165, 1.54) is 0 Å². The van der Waals surface area contributed by atoms with Crippen molar-refractivity contribution in [1.29, 1.82) is 0 Å². The van der Waals surface area contributed by atoms with Crippen LogP contribution < -0.4 is 10.9 Å². The Labute approximate surface area is 209 Å². The molecule has 2 amide bonds. The second-order valence-corrected chi connectivity index (χ2v) is 9.79. The first-order valence-electron chi connectivity index (χ1n) is 11.8. The monoisotopic (exact) mass is 493 g/mol. The van der Waals surface area contributed by atoms with Gasteiger partial charge in [0.2, 0.25) is 5.91 Å². The van der Waals surface area contributed by atoms with E-state index >= 15 is 0 Å². The van der Waals surface area contributed by atoms with E-state index in [1.807, 2.05) is 54.5 Å². The fourth-order valence-corrected chi connectivity index (χ4v) is 4.76. The minimum Gasteiger partial charge on any atom is -0.340 e. The second kappa shape index (κ2) is 11.5. The highest BCUT2D eigenvalue weighted by Gasteiger charge is 2.29. The lowest BCUT2D eigenvalue weighted by Crippen LogP contribution is -2.55. The Hall–Kier alpha value is -3.17. The first kappa shape index (κ1) is 24.9. The van der Waals surface area contributed by atoms with Crippen LogP contribution in [0.1, 0.15) is 28.2 Å². The van der Waals surface area contributed by atoms with E-state index in [0.29, 0.717) is 61.4 Å². The Balaban J connectivity index is 1.37. The zero-order valence-corrected chi connectivity index (χ0v) is 20.9. The van der Waals surface area contributed by atoms with E-state index in [-0.39, 0.29) is 17.4 Å². The summed E-state index contributed by atoms with van der Waals surface area (Å²) in [4.78, 5) is 49.9. The molecule has 1 aliphatic heterocycles. The Morgan fingerprint density at radius 3 is 2.63 bits per heavy atom. The molecule has 0 bridgehead atoms. The molecule has 2 N–H and O–H groups in total. The van der Waals surface area contributed by atoms with Gasteiger partial charge in [-0.05, 0) is 49.6 Å². The van der Waals surface area contributed by atoms with E-state index in [4.69, 9.17) is 0 Å². The van der Waals surface area contributed by atoms with Gasteiger partial charge in [0.1, 0.15) is 11.9 Å². The molecule has 1 atom stereocenters. The summed E-state index contributed by atoms with van der Waals surface area (Å²) in [6.07, 6.45) is 2.58. The highest BCUT2D eigenvalue weighted by molar-refractivity contribution is 7.98. The summed E-state index contributed by atoms with van der Waals surface area (Å²) in [6.45, 7) is 4.92. The molecule has 1 aromatic heterocycles. The summed E-state index contributed by atoms with van der Waals surface area (Å²) in [5.74, 6) is 1.14. The third-order valence-electron chi connectivity index (χ3n) is 6.21. The number of aromatic nitrogens is 2. The summed E-state index contributed by atoms with van der Waals surface area (Å²) in [5.41, 5.74) is 2.11. The number of aromatic amines is 1. The predicted octanol–water partition coefficient (Wildman–Crippen LogP) is 2.43. The van der Waals surface area contributed by atoms with Crippen LogP contribution in [0.15, 0.2) is 53.3 Å². The van der Waals surface area contributed by atoms with Gasteiger partial charge in [-0.25, -0.2) is 4.98 Å². The lowest BCUT2D eigenvalue weighted by Gasteiger charge is -2.36. The van der Waals surface area contributed by atoms with Crippen molar-refractivity contribution in [1.82, 2.24) is 25.1 Å². The van der Waals surface area contributed by atoms with Crippen molar-refractivity contribution in [3.63, 3.8) is 0 Å². The first-order chi connectivity index (χ1) is 16.9. The number of rotatable bonds is 8. The molecule has 0 unspecified atom stereocenters. The van der Waals surface area contributed by atoms with Gasteiger partial charge in [0.05, 0.1) is 17.4 Å². The lowest BCUT2D eigenvalue weighted by atomic mass is 10.1. The quantitative estimate of drug-likeness (QED) is 0.500. The van der Waals surface area contributed by atoms with Crippen LogP contribution in [-0.2, 0) is 11.3 Å². The highest BCUT2D eigenvalue weighted by Crippen LogP contribution is 2.13. The predicted molar refractivity (Wildman–Crippen MR) is 140 cm³/mol. The highest BCUT2D eigenvalue weighted by atomic mass is 32.2. The number of piperazine rings is 1. The van der Waals surface area contributed by atoms with Crippen molar-refractivity contribution in [2.24, 2.45) is 0 Å². The van der Waals surface area contributed by atoms with E-state index in [9.17, 15) is 14.4 Å². The van der Waals surface area contributed by atoms with Crippen LogP contribution in [0.4, 0.5) is 0 Å². The molecule has 2 heterocycles. The first-order valence-corrected chi connectivity index (χ1v) is 13.2. The number of amides is 2. The van der Waals surface area contributed by atoms with Crippen molar-refractivity contribution in [2.45, 2.75) is 25.9 Å². The lowest BCUT2D eigenvalue weighted by molar-refractivity contribution is -0.135. The number of benzene rings is 2. The van der Waals surface area contributed by atoms with Crippen LogP contribution in [0.3, 0.4) is 0 Å². The van der Waals surface area contributed by atoms with E-state index in [2.05, 4.69) is 20.2 Å². The maximum Gasteiger partial charge on any atom is 0.258 e. The largest absolute Gasteiger partial charge is 0.340 e. The SMILES string of the molecule is CSCC[C@@H](NC(=O)c1cccc(C)c1)C(=O)N1CCN(Cc2nc3ccccc3c(=O)[nH]2)CC1. The number of carbonyl (C=O) groups excluding carboxylic acids is 2. The Bertz CT molecular complexity index is 1250. The van der Waals surface area contributed by atoms with Crippen LogP contribution in [0, 0.1) is 6.92 Å². The Morgan fingerprint density at radius 1 is 1.11 bits per heavy atom. The van der Waals surface area contributed by atoms with Crippen LogP contribution in [0.25, 0.3) is 10.9 Å². The number of H-pyrrole nitrogens is 1. The summed E-state index contributed by atoms with van der Waals surface area (Å²) >= 11 is 1.66. The molecule has 4 rings (SSSR count). The number of hydrogen-bond donors (Lipinski definition) is 2. The second-order valence-electron chi connectivity index (χ2n) is 8.81. The smallest absolute Gasteiger partial charge is 0.258 e. The summed E-state index contributed by atoms with van der Waals surface area (Å²) < 4.78 is 0. The van der Waals surface area contributed by atoms with Crippen LogP contribution >= 0.6 is 11.8 Å². The molecule has 0 saturated carbocycles. The molecule has 184 valence electrons. The summed E-state index contributed by atoms with van der Waals surface area (Å²) in [5, 5.41) is 3.54. The van der Waals surface area contributed by atoms with Gasteiger partial charge in [-0.3, -0.25) is 19.3 Å². The van der Waals surface area contributed by atoms with Crippen LogP contribution in [-0.4, -0.2) is 75.8 Å². The minimum atomic E-state index is -0.555. The third-order valence-corrected chi connectivity index (χ3v) is 6.86. The topological polar surface area (TPSA) is 98.4 Å². The maximum absolute atomic E-state index is 13.3. The van der Waals surface area contributed by atoms with Gasteiger partial charge in [0.25, 0.3) is 11.5 Å². The third kappa shape index (κ3) is 6.29.